The molecule has 0 saturated heterocycles. The Labute approximate surface area is 197 Å². The van der Waals surface area contributed by atoms with Crippen molar-refractivity contribution in [2.75, 3.05) is 13.2 Å². The van der Waals surface area contributed by atoms with Crippen molar-refractivity contribution in [2.24, 2.45) is 5.73 Å². The van der Waals surface area contributed by atoms with E-state index in [0.717, 1.165) is 6.42 Å². The number of fused-ring (bicyclic) bond motifs is 1. The molecule has 0 unspecified atom stereocenters. The number of halogens is 2. The average Bonchev–Trinajstić information content (AvgIpc) is 3.11. The molecule has 4 rings (SSSR count). The molecule has 0 aliphatic heterocycles. The highest BCUT2D eigenvalue weighted by atomic mass is 35.5. The van der Waals surface area contributed by atoms with Gasteiger partial charge in [-0.3, -0.25) is 9.78 Å². The molecule has 0 spiro atoms. The Morgan fingerprint density at radius 2 is 2.06 bits per heavy atom. The lowest BCUT2D eigenvalue weighted by Gasteiger charge is -2.22. The minimum atomic E-state index is -0.658. The lowest BCUT2D eigenvalue weighted by Crippen LogP contribution is -2.32. The molecule has 0 bridgehead atoms. The Morgan fingerprint density at radius 3 is 2.81 bits per heavy atom. The van der Waals surface area contributed by atoms with E-state index in [1.165, 1.54) is 11.1 Å². The smallest absolute Gasteiger partial charge is 0.269 e. The maximum atomic E-state index is 12.1. The molecule has 2 aromatic carbocycles. The summed E-state index contributed by atoms with van der Waals surface area (Å²) in [5.74, 6) is -0.658. The van der Waals surface area contributed by atoms with Gasteiger partial charge in [0, 0.05) is 42.8 Å². The summed E-state index contributed by atoms with van der Waals surface area (Å²) in [4.78, 5) is 21.0. The minimum Gasteiger partial charge on any atom is -0.376 e. The van der Waals surface area contributed by atoms with Crippen LogP contribution in [0.5, 0.6) is 0 Å². The fourth-order valence-electron chi connectivity index (χ4n) is 4.12. The summed E-state index contributed by atoms with van der Waals surface area (Å²) in [7, 11) is 0. The third kappa shape index (κ3) is 4.79. The fourth-order valence-corrected chi connectivity index (χ4v) is 4.62. The Hall–Kier alpha value is -2.51. The number of nitrogens with one attached hydrogen (secondary N) is 1. The summed E-state index contributed by atoms with van der Waals surface area (Å²) in [5.41, 5.74) is 9.82. The summed E-state index contributed by atoms with van der Waals surface area (Å²) in [6.45, 7) is 3.32. The van der Waals surface area contributed by atoms with Crippen LogP contribution in [0.25, 0.3) is 11.3 Å². The van der Waals surface area contributed by atoms with Crippen molar-refractivity contribution >= 4 is 29.1 Å². The number of carbonyl (C=O) groups is 1. The summed E-state index contributed by atoms with van der Waals surface area (Å²) in [5, 5.41) is 4.46. The molecule has 6 nitrogen and oxygen atoms in total. The third-order valence-electron chi connectivity index (χ3n) is 5.55. The minimum absolute atomic E-state index is 0.0881. The first-order valence-corrected chi connectivity index (χ1v) is 11.3. The molecule has 1 heterocycles. The first-order chi connectivity index (χ1) is 15.5. The zero-order valence-electron chi connectivity index (χ0n) is 17.6. The first-order valence-electron chi connectivity index (χ1n) is 10.5. The maximum Gasteiger partial charge on any atom is 0.269 e. The summed E-state index contributed by atoms with van der Waals surface area (Å²) < 4.78 is 5.96. The fraction of sp³-hybridized carbons (Fsp3) is 0.292. The molecule has 0 fully saturated rings. The van der Waals surface area contributed by atoms with Crippen LogP contribution in [-0.2, 0) is 17.6 Å². The van der Waals surface area contributed by atoms with Gasteiger partial charge in [-0.25, -0.2) is 4.98 Å². The number of aromatic nitrogens is 2. The first kappa shape index (κ1) is 22.7. The molecule has 0 radical (unpaired) electrons. The van der Waals surface area contributed by atoms with Crippen molar-refractivity contribution in [1.82, 2.24) is 15.3 Å². The zero-order valence-corrected chi connectivity index (χ0v) is 19.2. The van der Waals surface area contributed by atoms with E-state index in [0.29, 0.717) is 46.6 Å². The largest absolute Gasteiger partial charge is 0.376 e. The molecular weight excluding hydrogens is 447 g/mol. The van der Waals surface area contributed by atoms with Gasteiger partial charge in [-0.1, -0.05) is 47.5 Å². The number of nitrogens with two attached hydrogens (primary N) is 1. The molecular formula is C24H24Cl2N4O2. The van der Waals surface area contributed by atoms with Crippen LogP contribution in [0, 0.1) is 0 Å². The third-order valence-corrected chi connectivity index (χ3v) is 6.10. The van der Waals surface area contributed by atoms with Crippen LogP contribution in [0.1, 0.15) is 40.3 Å². The van der Waals surface area contributed by atoms with Gasteiger partial charge in [0.1, 0.15) is 5.69 Å². The highest BCUT2D eigenvalue weighted by Crippen LogP contribution is 2.33. The van der Waals surface area contributed by atoms with Gasteiger partial charge >= 0.3 is 0 Å². The molecule has 2 atom stereocenters. The predicted molar refractivity (Wildman–Crippen MR) is 126 cm³/mol. The molecule has 8 heteroatoms. The van der Waals surface area contributed by atoms with Gasteiger partial charge in [0.2, 0.25) is 0 Å². The van der Waals surface area contributed by atoms with Crippen molar-refractivity contribution in [1.29, 1.82) is 0 Å². The van der Waals surface area contributed by atoms with Crippen LogP contribution < -0.4 is 11.1 Å². The van der Waals surface area contributed by atoms with Crippen molar-refractivity contribution in [3.63, 3.8) is 0 Å². The second kappa shape index (κ2) is 9.96. The van der Waals surface area contributed by atoms with Crippen LogP contribution in [0.4, 0.5) is 0 Å². The number of hydrogen-bond donors (Lipinski definition) is 2. The lowest BCUT2D eigenvalue weighted by atomic mass is 10.1. The van der Waals surface area contributed by atoms with Crippen molar-refractivity contribution in [3.05, 3.63) is 81.2 Å². The van der Waals surface area contributed by atoms with Crippen molar-refractivity contribution in [2.45, 2.75) is 31.9 Å². The predicted octanol–water partition coefficient (Wildman–Crippen LogP) is 4.38. The molecule has 1 aliphatic carbocycles. The quantitative estimate of drug-likeness (QED) is 0.509. The maximum absolute atomic E-state index is 12.1. The molecule has 3 N–H and O–H groups in total. The van der Waals surface area contributed by atoms with E-state index >= 15 is 0 Å². The summed E-state index contributed by atoms with van der Waals surface area (Å²) in [6.07, 6.45) is 3.22. The van der Waals surface area contributed by atoms with Gasteiger partial charge in [-0.05, 0) is 36.2 Å². The van der Waals surface area contributed by atoms with Gasteiger partial charge < -0.3 is 15.8 Å². The molecule has 0 saturated carbocycles. The highest BCUT2D eigenvalue weighted by molar-refractivity contribution is 6.36. The number of hydrogen-bond acceptors (Lipinski definition) is 5. The van der Waals surface area contributed by atoms with E-state index in [1.807, 2.05) is 13.0 Å². The number of amides is 1. The topological polar surface area (TPSA) is 90.1 Å². The highest BCUT2D eigenvalue weighted by Gasteiger charge is 2.32. The SMILES string of the molecule is CCO[C@H]1Cc2ccccc2[C@H]1NCCc1cnc(-c2ccc(Cl)cc2Cl)c(C(N)=O)n1. The van der Waals surface area contributed by atoms with Crippen LogP contribution in [0.2, 0.25) is 10.0 Å². The summed E-state index contributed by atoms with van der Waals surface area (Å²) >= 11 is 12.3. The van der Waals surface area contributed by atoms with E-state index in [9.17, 15) is 4.79 Å². The van der Waals surface area contributed by atoms with Crippen LogP contribution in [0.15, 0.2) is 48.7 Å². The molecule has 3 aromatic rings. The van der Waals surface area contributed by atoms with Gasteiger partial charge in [0.15, 0.2) is 5.69 Å². The van der Waals surface area contributed by atoms with Crippen molar-refractivity contribution < 1.29 is 9.53 Å². The van der Waals surface area contributed by atoms with Gasteiger partial charge in [0.05, 0.1) is 22.9 Å². The van der Waals surface area contributed by atoms with E-state index in [1.54, 1.807) is 24.4 Å². The number of rotatable bonds is 8. The van der Waals surface area contributed by atoms with Crippen LogP contribution in [0.3, 0.4) is 0 Å². The lowest BCUT2D eigenvalue weighted by molar-refractivity contribution is 0.0435. The number of primary amides is 1. The number of ether oxygens (including phenoxy) is 1. The Morgan fingerprint density at radius 1 is 1.25 bits per heavy atom. The second-order valence-corrected chi connectivity index (χ2v) is 8.47. The van der Waals surface area contributed by atoms with Gasteiger partial charge in [-0.15, -0.1) is 0 Å². The normalized spacial score (nSPS) is 17.3. The Balaban J connectivity index is 1.50. The zero-order chi connectivity index (χ0) is 22.7. The van der Waals surface area contributed by atoms with E-state index in [2.05, 4.69) is 33.5 Å². The Bertz CT molecular complexity index is 1140. The number of carbonyl (C=O) groups excluding carboxylic acids is 1. The van der Waals surface area contributed by atoms with Crippen LogP contribution >= 0.6 is 23.2 Å². The Kier molecular flexibility index (Phi) is 7.06. The van der Waals surface area contributed by atoms with Crippen molar-refractivity contribution in [3.8, 4) is 11.3 Å². The van der Waals surface area contributed by atoms with Gasteiger partial charge in [-0.2, -0.15) is 0 Å². The molecule has 1 amide bonds. The molecule has 1 aliphatic rings. The monoisotopic (exact) mass is 470 g/mol. The molecule has 166 valence electrons. The van der Waals surface area contributed by atoms with E-state index < -0.39 is 5.91 Å². The molecule has 32 heavy (non-hydrogen) atoms. The molecule has 1 aromatic heterocycles. The number of benzene rings is 2. The van der Waals surface area contributed by atoms with E-state index in [-0.39, 0.29) is 17.8 Å². The standard InChI is InChI=1S/C24H24Cl2N4O2/c1-2-32-20-11-14-5-3-4-6-17(14)21(20)28-10-9-16-13-29-22(23(30-16)24(27)31)18-8-7-15(25)12-19(18)26/h3-8,12-13,20-21,28H,2,9-11H2,1H3,(H2,27,31)/t20-,21+/m0/s1. The van der Waals surface area contributed by atoms with Gasteiger partial charge in [0.25, 0.3) is 5.91 Å². The average molecular weight is 471 g/mol. The second-order valence-electron chi connectivity index (χ2n) is 7.63. The van der Waals surface area contributed by atoms with Crippen LogP contribution in [-0.4, -0.2) is 35.1 Å². The number of nitrogens with zero attached hydrogens (tertiary/aromatic N) is 2. The summed E-state index contributed by atoms with van der Waals surface area (Å²) in [6, 6.07) is 13.5. The van der Waals surface area contributed by atoms with E-state index in [4.69, 9.17) is 33.7 Å².